The largest absolute Gasteiger partial charge is 0.507 e. The van der Waals surface area contributed by atoms with Crippen LogP contribution >= 0.6 is 15.9 Å². The summed E-state index contributed by atoms with van der Waals surface area (Å²) in [5, 5.41) is 10.1. The number of aromatic hydroxyl groups is 1. The molecule has 0 saturated heterocycles. The van der Waals surface area contributed by atoms with E-state index in [1.807, 2.05) is 0 Å². The third kappa shape index (κ3) is 8.06. The number of carbonyl (C=O) groups is 1. The Morgan fingerprint density at radius 2 is 1.24 bits per heavy atom. The Bertz CT molecular complexity index is 1990. The normalized spacial score (nSPS) is 22.2. The van der Waals surface area contributed by atoms with E-state index in [-0.39, 0.29) is 30.0 Å². The topological polar surface area (TPSA) is 141 Å². The van der Waals surface area contributed by atoms with Gasteiger partial charge in [-0.15, -0.1) is 0 Å². The fourth-order valence-corrected chi connectivity index (χ4v) is 7.08. The van der Waals surface area contributed by atoms with Crippen LogP contribution in [0.2, 0.25) is 0 Å². The van der Waals surface area contributed by atoms with Crippen LogP contribution in [0.5, 0.6) is 5.75 Å². The number of benzene rings is 1. The van der Waals surface area contributed by atoms with E-state index in [0.29, 0.717) is 72.7 Å². The summed E-state index contributed by atoms with van der Waals surface area (Å²) in [6.45, 7) is 0. The summed E-state index contributed by atoms with van der Waals surface area (Å²) in [6.07, 6.45) is 10.8. The number of carbonyl (C=O) groups excluding carboxylic acids is 1. The summed E-state index contributed by atoms with van der Waals surface area (Å²) >= 11 is 3.28. The zero-order valence-electron chi connectivity index (χ0n) is 27.3. The molecule has 1 amide bonds. The summed E-state index contributed by atoms with van der Waals surface area (Å²) < 4.78 is 56.2. The first-order valence-electron chi connectivity index (χ1n) is 16.4. The molecule has 2 saturated carbocycles. The van der Waals surface area contributed by atoms with Gasteiger partial charge in [0.25, 0.3) is 0 Å². The minimum atomic E-state index is -0.963. The van der Waals surface area contributed by atoms with Crippen LogP contribution in [-0.4, -0.2) is 53.3 Å². The van der Waals surface area contributed by atoms with Crippen LogP contribution < -0.4 is 5.73 Å². The fraction of sp³-hybridized carbons (Fsp3) is 0.324. The second-order valence-corrected chi connectivity index (χ2v) is 14.0. The molecule has 0 unspecified atom stereocenters. The molecule has 2 aliphatic carbocycles. The Morgan fingerprint density at radius 1 is 0.765 bits per heavy atom. The van der Waals surface area contributed by atoms with Crippen LogP contribution in [0.15, 0.2) is 84.1 Å². The zero-order valence-corrected chi connectivity index (χ0v) is 28.9. The predicted molar refractivity (Wildman–Crippen MR) is 184 cm³/mol. The number of alkyl halides is 2. The molecular weight excluding hydrogens is 730 g/mol. The first-order valence-corrected chi connectivity index (χ1v) is 17.2. The van der Waals surface area contributed by atoms with Gasteiger partial charge in [0.15, 0.2) is 0 Å². The molecule has 14 heteroatoms. The van der Waals surface area contributed by atoms with Crippen molar-refractivity contribution < 1.29 is 27.5 Å². The number of aryl methyl sites for hydroxylation is 2. The first kappa shape index (κ1) is 36.0. The van der Waals surface area contributed by atoms with Gasteiger partial charge >= 0.3 is 0 Å². The molecule has 0 spiro atoms. The molecule has 0 bridgehead atoms. The van der Waals surface area contributed by atoms with Gasteiger partial charge in [-0.1, -0.05) is 0 Å². The van der Waals surface area contributed by atoms with Gasteiger partial charge in [0.2, 0.25) is 5.91 Å². The summed E-state index contributed by atoms with van der Waals surface area (Å²) in [5.74, 6) is -0.220. The third-order valence-electron chi connectivity index (χ3n) is 9.60. The van der Waals surface area contributed by atoms with E-state index in [4.69, 9.17) is 5.73 Å². The number of rotatable bonds is 10. The smallest absolute Gasteiger partial charge is 0.248 e. The van der Waals surface area contributed by atoms with Crippen molar-refractivity contribution in [3.63, 3.8) is 0 Å². The van der Waals surface area contributed by atoms with Crippen molar-refractivity contribution in [2.75, 3.05) is 0 Å². The van der Waals surface area contributed by atoms with Crippen molar-refractivity contribution in [3.8, 4) is 16.9 Å². The molecule has 1 aromatic carbocycles. The summed E-state index contributed by atoms with van der Waals surface area (Å²) in [5.41, 5.74) is 5.96. The average Bonchev–Trinajstić information content (AvgIpc) is 3.09. The monoisotopic (exact) mass is 763 g/mol. The number of phenols is 1. The van der Waals surface area contributed by atoms with Gasteiger partial charge in [-0.05, 0) is 96.9 Å². The van der Waals surface area contributed by atoms with E-state index >= 15 is 0 Å². The lowest BCUT2D eigenvalue weighted by molar-refractivity contribution is 0.0789. The Labute approximate surface area is 300 Å². The second-order valence-electron chi connectivity index (χ2n) is 13.0. The molecule has 9 nitrogen and oxygen atoms in total. The van der Waals surface area contributed by atoms with Crippen molar-refractivity contribution >= 4 is 21.8 Å². The van der Waals surface area contributed by atoms with Crippen molar-refractivity contribution in [3.05, 3.63) is 124 Å². The van der Waals surface area contributed by atoms with Crippen LogP contribution in [0.3, 0.4) is 0 Å². The van der Waals surface area contributed by atoms with E-state index in [0.717, 1.165) is 4.47 Å². The maximum Gasteiger partial charge on any atom is 0.248 e. The van der Waals surface area contributed by atoms with Crippen LogP contribution in [0.4, 0.5) is 17.6 Å². The third-order valence-corrected chi connectivity index (χ3v) is 10.0. The van der Waals surface area contributed by atoms with Crippen LogP contribution in [0.25, 0.3) is 11.1 Å². The van der Waals surface area contributed by atoms with Gasteiger partial charge in [-0.3, -0.25) is 14.8 Å². The summed E-state index contributed by atoms with van der Waals surface area (Å²) in [7, 11) is 0. The minimum absolute atomic E-state index is 0.0237. The molecule has 264 valence electrons. The van der Waals surface area contributed by atoms with E-state index < -0.39 is 34.9 Å². The Kier molecular flexibility index (Phi) is 10.7. The zero-order chi connectivity index (χ0) is 36.2. The maximum atomic E-state index is 14.3. The Balaban J connectivity index is 0.000000187. The molecule has 7 rings (SSSR count). The summed E-state index contributed by atoms with van der Waals surface area (Å²) in [6, 6.07) is 10.1. The molecular formula is C37H34BrF4N7O2. The lowest BCUT2D eigenvalue weighted by Crippen LogP contribution is -2.44. The molecule has 4 aromatic heterocycles. The molecule has 0 atom stereocenters. The number of hydrogen-bond donors (Lipinski definition) is 2. The van der Waals surface area contributed by atoms with Gasteiger partial charge in [-0.25, -0.2) is 37.5 Å². The number of primary amides is 1. The van der Waals surface area contributed by atoms with Crippen LogP contribution in [-0.2, 0) is 23.7 Å². The molecule has 2 fully saturated rings. The second kappa shape index (κ2) is 15.2. The van der Waals surface area contributed by atoms with E-state index in [9.17, 15) is 27.5 Å². The van der Waals surface area contributed by atoms with Crippen molar-refractivity contribution in [1.29, 1.82) is 0 Å². The average molecular weight is 765 g/mol. The van der Waals surface area contributed by atoms with Gasteiger partial charge in [-0.2, -0.15) is 0 Å². The van der Waals surface area contributed by atoms with E-state index in [1.165, 1.54) is 55.0 Å². The van der Waals surface area contributed by atoms with Crippen molar-refractivity contribution in [2.45, 2.75) is 74.5 Å². The predicted octanol–water partition coefficient (Wildman–Crippen LogP) is 7.26. The number of pyridine rings is 2. The molecule has 2 aliphatic rings. The van der Waals surface area contributed by atoms with Gasteiger partial charge in [0.1, 0.15) is 41.4 Å². The lowest BCUT2D eigenvalue weighted by atomic mass is 9.62. The number of aromatic nitrogens is 6. The quantitative estimate of drug-likeness (QED) is 0.142. The molecule has 5 aromatic rings. The number of nitrogens with two attached hydrogens (primary N) is 1. The fourth-order valence-electron chi connectivity index (χ4n) is 6.87. The minimum Gasteiger partial charge on any atom is -0.507 e. The lowest BCUT2D eigenvalue weighted by Gasteiger charge is -2.44. The highest BCUT2D eigenvalue weighted by molar-refractivity contribution is 9.10. The van der Waals surface area contributed by atoms with Gasteiger partial charge < -0.3 is 10.8 Å². The molecule has 0 radical (unpaired) electrons. The molecule has 51 heavy (non-hydrogen) atoms. The van der Waals surface area contributed by atoms with Crippen LogP contribution in [0.1, 0.15) is 71.9 Å². The maximum absolute atomic E-state index is 14.3. The van der Waals surface area contributed by atoms with E-state index in [2.05, 4.69) is 45.8 Å². The van der Waals surface area contributed by atoms with Crippen molar-refractivity contribution in [1.82, 2.24) is 29.9 Å². The van der Waals surface area contributed by atoms with Crippen LogP contribution in [0, 0.1) is 11.6 Å². The summed E-state index contributed by atoms with van der Waals surface area (Å²) in [4.78, 5) is 36.7. The number of phenolic OH excluding ortho intramolecular Hbond substituents is 1. The highest BCUT2D eigenvalue weighted by Gasteiger charge is 2.49. The Morgan fingerprint density at radius 3 is 1.67 bits per heavy atom. The van der Waals surface area contributed by atoms with E-state index in [1.54, 1.807) is 24.7 Å². The standard InChI is InChI=1S/C22H20F2N4O2.C15H14BrF2N3/c23-15-9-22(10-15,20-17(24)2-1-7-26-20)6-5-19-27-11-14(12-28-19)16-8-13(21(25)30)3-4-18(16)29;16-10-8-20-13(21-9-10)3-4-15(6-11(17)7-15)14-12(18)2-1-5-19-14/h1-4,7-8,11-12,15,29H,5-6,9-10H2,(H2,25,30);1-2,5,8-9,11H,3-4,6-7H2. The molecule has 4 heterocycles. The van der Waals surface area contributed by atoms with Gasteiger partial charge in [0, 0.05) is 77.5 Å². The Hall–Kier alpha value is -4.85. The van der Waals surface area contributed by atoms with Crippen molar-refractivity contribution in [2.24, 2.45) is 5.73 Å². The number of nitrogens with zero attached hydrogens (tertiary/aromatic N) is 6. The number of halogens is 5. The molecule has 3 N–H and O–H groups in total. The number of hydrogen-bond acceptors (Lipinski definition) is 8. The highest BCUT2D eigenvalue weighted by atomic mass is 79.9. The van der Waals surface area contributed by atoms with Gasteiger partial charge in [0.05, 0.1) is 15.9 Å². The number of amides is 1. The SMILES string of the molecule is Fc1cccnc1C1(CCc2ncc(Br)cn2)CC(F)C1.NC(=O)c1ccc(O)c(-c2cnc(CCC3(c4ncccc4F)CC(F)C3)nc2)c1. The molecule has 0 aliphatic heterocycles. The first-order chi connectivity index (χ1) is 24.5. The highest BCUT2D eigenvalue weighted by Crippen LogP contribution is 2.49.